The molecule has 1 aromatic heterocycles. The molecular weight excluding hydrogens is 397 g/mol. The van der Waals surface area contributed by atoms with Crippen molar-refractivity contribution in [3.63, 3.8) is 0 Å². The van der Waals surface area contributed by atoms with Gasteiger partial charge in [-0.3, -0.25) is 19.5 Å². The fourth-order valence-corrected chi connectivity index (χ4v) is 2.78. The largest absolute Gasteiger partial charge is 0.489 e. The second-order valence-corrected chi connectivity index (χ2v) is 6.54. The molecule has 27 heavy (non-hydrogen) atoms. The van der Waals surface area contributed by atoms with Gasteiger partial charge in [-0.05, 0) is 18.2 Å². The maximum atomic E-state index is 12.5. The van der Waals surface area contributed by atoms with Crippen LogP contribution in [-0.2, 0) is 6.54 Å². The first-order valence-corrected chi connectivity index (χ1v) is 8.50. The number of non-ortho nitro benzene ring substituents is 1. The number of fused-ring (bicyclic) bond motifs is 1. The van der Waals surface area contributed by atoms with Crippen LogP contribution in [0.2, 0.25) is 10.0 Å². The molecule has 0 saturated carbocycles. The Bertz CT molecular complexity index is 1070. The Morgan fingerprint density at radius 2 is 2.04 bits per heavy atom. The van der Waals surface area contributed by atoms with Crippen molar-refractivity contribution < 1.29 is 14.8 Å². The van der Waals surface area contributed by atoms with Crippen LogP contribution < -0.4 is 10.3 Å². The van der Waals surface area contributed by atoms with E-state index in [1.807, 2.05) is 0 Å². The molecular formula is C17H13Cl2N3O5. The Morgan fingerprint density at radius 1 is 1.26 bits per heavy atom. The molecule has 2 aromatic carbocycles. The quantitative estimate of drug-likeness (QED) is 0.495. The van der Waals surface area contributed by atoms with Crippen LogP contribution in [0.25, 0.3) is 10.9 Å². The standard InChI is InChI=1S/C17H13Cl2N3O5/c18-10-1-3-14(19)16(5-10)27-8-12(23)7-21-9-20-15-4-2-11(22(25)26)6-13(15)17(21)24/h1-6,9,12,23H,7-8H2. The lowest BCUT2D eigenvalue weighted by atomic mass is 10.2. The summed E-state index contributed by atoms with van der Waals surface area (Å²) in [6.45, 7) is -0.248. The molecule has 0 saturated heterocycles. The summed E-state index contributed by atoms with van der Waals surface area (Å²) in [5.74, 6) is 0.308. The Morgan fingerprint density at radius 3 is 2.78 bits per heavy atom. The van der Waals surface area contributed by atoms with Crippen LogP contribution >= 0.6 is 23.2 Å². The molecule has 0 spiro atoms. The molecule has 10 heteroatoms. The van der Waals surface area contributed by atoms with E-state index in [1.54, 1.807) is 12.1 Å². The fraction of sp³-hybridized carbons (Fsp3) is 0.176. The highest BCUT2D eigenvalue weighted by Crippen LogP contribution is 2.27. The molecule has 0 amide bonds. The minimum absolute atomic E-state index is 0.0951. The van der Waals surface area contributed by atoms with Gasteiger partial charge >= 0.3 is 0 Å². The summed E-state index contributed by atoms with van der Waals surface area (Å²) in [5, 5.41) is 21.9. The highest BCUT2D eigenvalue weighted by Gasteiger charge is 2.14. The van der Waals surface area contributed by atoms with E-state index in [0.29, 0.717) is 21.3 Å². The Hall–Kier alpha value is -2.68. The number of aliphatic hydroxyl groups is 1. The first kappa shape index (κ1) is 19.1. The summed E-state index contributed by atoms with van der Waals surface area (Å²) >= 11 is 11.9. The molecule has 3 rings (SSSR count). The molecule has 3 aromatic rings. The molecule has 1 atom stereocenters. The Labute approximate surface area is 162 Å². The smallest absolute Gasteiger partial charge is 0.270 e. The third-order valence-electron chi connectivity index (χ3n) is 3.75. The van der Waals surface area contributed by atoms with E-state index in [9.17, 15) is 20.0 Å². The van der Waals surface area contributed by atoms with E-state index in [0.717, 1.165) is 6.07 Å². The number of nitro groups is 1. The number of rotatable bonds is 6. The molecule has 140 valence electrons. The summed E-state index contributed by atoms with van der Waals surface area (Å²) in [4.78, 5) is 26.9. The van der Waals surface area contributed by atoms with Crippen LogP contribution in [0.5, 0.6) is 5.75 Å². The summed E-state index contributed by atoms with van der Waals surface area (Å²) < 4.78 is 6.60. The van der Waals surface area contributed by atoms with Crippen molar-refractivity contribution in [2.45, 2.75) is 12.6 Å². The molecule has 0 aliphatic rings. The van der Waals surface area contributed by atoms with Gasteiger partial charge in [-0.15, -0.1) is 0 Å². The predicted molar refractivity (Wildman–Crippen MR) is 101 cm³/mol. The number of aliphatic hydroxyl groups excluding tert-OH is 1. The van der Waals surface area contributed by atoms with Crippen LogP contribution in [0.4, 0.5) is 5.69 Å². The first-order valence-electron chi connectivity index (χ1n) is 7.74. The molecule has 0 fully saturated rings. The lowest BCUT2D eigenvalue weighted by molar-refractivity contribution is -0.384. The van der Waals surface area contributed by atoms with Gasteiger partial charge in [-0.1, -0.05) is 23.2 Å². The molecule has 1 unspecified atom stereocenters. The van der Waals surface area contributed by atoms with E-state index in [-0.39, 0.29) is 24.2 Å². The van der Waals surface area contributed by atoms with E-state index in [1.165, 1.54) is 29.1 Å². The van der Waals surface area contributed by atoms with E-state index in [2.05, 4.69) is 4.98 Å². The first-order chi connectivity index (χ1) is 12.8. The SMILES string of the molecule is O=c1c2cc([N+](=O)[O-])ccc2ncn1CC(O)COc1cc(Cl)ccc1Cl. The lowest BCUT2D eigenvalue weighted by Crippen LogP contribution is -2.30. The second kappa shape index (κ2) is 7.91. The Balaban J connectivity index is 1.77. The van der Waals surface area contributed by atoms with Gasteiger partial charge in [0.25, 0.3) is 11.2 Å². The van der Waals surface area contributed by atoms with Crippen LogP contribution in [0.3, 0.4) is 0 Å². The van der Waals surface area contributed by atoms with Gasteiger partial charge in [-0.25, -0.2) is 4.98 Å². The molecule has 1 N–H and O–H groups in total. The summed E-state index contributed by atoms with van der Waals surface area (Å²) in [7, 11) is 0. The number of benzene rings is 2. The number of nitro benzene ring substituents is 1. The fourth-order valence-electron chi connectivity index (χ4n) is 2.44. The van der Waals surface area contributed by atoms with Crippen molar-refractivity contribution in [2.75, 3.05) is 6.61 Å². The summed E-state index contributed by atoms with van der Waals surface area (Å²) in [6.07, 6.45) is 0.224. The minimum Gasteiger partial charge on any atom is -0.489 e. The maximum absolute atomic E-state index is 12.5. The van der Waals surface area contributed by atoms with Gasteiger partial charge in [-0.2, -0.15) is 0 Å². The highest BCUT2D eigenvalue weighted by molar-refractivity contribution is 6.34. The van der Waals surface area contributed by atoms with Gasteiger partial charge in [0.1, 0.15) is 18.5 Å². The zero-order valence-electron chi connectivity index (χ0n) is 13.7. The monoisotopic (exact) mass is 409 g/mol. The average Bonchev–Trinajstić information content (AvgIpc) is 2.64. The van der Waals surface area contributed by atoms with Crippen LogP contribution in [0, 0.1) is 10.1 Å². The molecule has 0 radical (unpaired) electrons. The number of hydrogen-bond donors (Lipinski definition) is 1. The number of nitrogens with zero attached hydrogens (tertiary/aromatic N) is 3. The number of hydrogen-bond acceptors (Lipinski definition) is 6. The molecule has 1 heterocycles. The normalized spacial score (nSPS) is 12.1. The van der Waals surface area contributed by atoms with Crippen molar-refractivity contribution in [3.05, 3.63) is 73.2 Å². The van der Waals surface area contributed by atoms with Crippen LogP contribution in [0.15, 0.2) is 47.5 Å². The summed E-state index contributed by atoms with van der Waals surface area (Å²) in [5.41, 5.74) is -0.375. The maximum Gasteiger partial charge on any atom is 0.270 e. The zero-order valence-corrected chi connectivity index (χ0v) is 15.2. The molecule has 0 aliphatic heterocycles. The van der Waals surface area contributed by atoms with Gasteiger partial charge in [0, 0.05) is 23.2 Å². The zero-order chi connectivity index (χ0) is 19.6. The van der Waals surface area contributed by atoms with Crippen molar-refractivity contribution in [3.8, 4) is 5.75 Å². The van der Waals surface area contributed by atoms with Crippen molar-refractivity contribution in [1.29, 1.82) is 0 Å². The van der Waals surface area contributed by atoms with Gasteiger partial charge < -0.3 is 9.84 Å². The Kier molecular flexibility index (Phi) is 5.59. The number of aromatic nitrogens is 2. The lowest BCUT2D eigenvalue weighted by Gasteiger charge is -2.15. The van der Waals surface area contributed by atoms with E-state index < -0.39 is 16.6 Å². The van der Waals surface area contributed by atoms with Gasteiger partial charge in [0.2, 0.25) is 0 Å². The third kappa shape index (κ3) is 4.36. The topological polar surface area (TPSA) is 107 Å². The number of ether oxygens (including phenoxy) is 1. The van der Waals surface area contributed by atoms with Crippen molar-refractivity contribution in [2.24, 2.45) is 0 Å². The molecule has 8 nitrogen and oxygen atoms in total. The van der Waals surface area contributed by atoms with Crippen molar-refractivity contribution >= 4 is 39.8 Å². The van der Waals surface area contributed by atoms with Crippen molar-refractivity contribution in [1.82, 2.24) is 9.55 Å². The second-order valence-electron chi connectivity index (χ2n) is 5.70. The van der Waals surface area contributed by atoms with E-state index >= 15 is 0 Å². The third-order valence-corrected chi connectivity index (χ3v) is 4.30. The summed E-state index contributed by atoms with van der Waals surface area (Å²) in [6, 6.07) is 8.52. The van der Waals surface area contributed by atoms with Gasteiger partial charge in [0.05, 0.1) is 33.7 Å². The van der Waals surface area contributed by atoms with Crippen LogP contribution in [-0.4, -0.2) is 32.3 Å². The average molecular weight is 410 g/mol. The van der Waals surface area contributed by atoms with Crippen LogP contribution in [0.1, 0.15) is 0 Å². The highest BCUT2D eigenvalue weighted by atomic mass is 35.5. The molecule has 0 aliphatic carbocycles. The number of halogens is 2. The minimum atomic E-state index is -1.05. The molecule has 0 bridgehead atoms. The van der Waals surface area contributed by atoms with Gasteiger partial charge in [0.15, 0.2) is 0 Å². The van der Waals surface area contributed by atoms with E-state index in [4.69, 9.17) is 27.9 Å². The predicted octanol–water partition coefficient (Wildman–Crippen LogP) is 3.05.